The minimum atomic E-state index is -0.315. The summed E-state index contributed by atoms with van der Waals surface area (Å²) in [5.74, 6) is 5.83. The lowest BCUT2D eigenvalue weighted by Gasteiger charge is -2.03. The maximum atomic E-state index is 11.6. The minimum Gasteiger partial charge on any atom is -0.479 e. The van der Waals surface area contributed by atoms with Gasteiger partial charge in [0, 0.05) is 12.4 Å². The summed E-state index contributed by atoms with van der Waals surface area (Å²) in [6.07, 6.45) is 4.35. The number of hydrogen-bond acceptors (Lipinski definition) is 4. The highest BCUT2D eigenvalue weighted by Gasteiger charge is 2.03. The van der Waals surface area contributed by atoms with E-state index in [0.29, 0.717) is 10.8 Å². The summed E-state index contributed by atoms with van der Waals surface area (Å²) < 4.78 is 5.39. The van der Waals surface area contributed by atoms with E-state index < -0.39 is 0 Å². The van der Waals surface area contributed by atoms with Crippen LogP contribution in [-0.4, -0.2) is 29.0 Å². The number of para-hydroxylation sites is 1. The van der Waals surface area contributed by atoms with Gasteiger partial charge in [0.1, 0.15) is 18.1 Å². The van der Waals surface area contributed by atoms with Crippen LogP contribution in [0, 0.1) is 11.8 Å². The molecule has 1 N–H and O–H groups in total. The van der Waals surface area contributed by atoms with Crippen LogP contribution in [0.25, 0.3) is 0 Å². The minimum absolute atomic E-state index is 0.199. The molecule has 2 aromatic rings. The number of rotatable bonds is 4. The molecule has 0 atom stereocenters. The molecule has 0 bridgehead atoms. The van der Waals surface area contributed by atoms with E-state index in [1.807, 2.05) is 12.1 Å². The number of nitrogens with zero attached hydrogens (tertiary/aromatic N) is 2. The SMILES string of the molecule is O=C(NCC#CCOc1ccccc1Cl)c1cnccn1. The van der Waals surface area contributed by atoms with Crippen LogP contribution >= 0.6 is 11.6 Å². The molecule has 0 saturated heterocycles. The number of hydrogen-bond donors (Lipinski definition) is 1. The molecule has 1 aromatic heterocycles. The molecule has 0 saturated carbocycles. The molecule has 2 rings (SSSR count). The van der Waals surface area contributed by atoms with Gasteiger partial charge < -0.3 is 10.1 Å². The molecule has 106 valence electrons. The van der Waals surface area contributed by atoms with Crippen LogP contribution in [0.5, 0.6) is 5.75 Å². The maximum absolute atomic E-state index is 11.6. The molecule has 0 aliphatic rings. The van der Waals surface area contributed by atoms with Crippen molar-refractivity contribution in [2.24, 2.45) is 0 Å². The third-order valence-electron chi connectivity index (χ3n) is 2.39. The third-order valence-corrected chi connectivity index (χ3v) is 2.71. The lowest BCUT2D eigenvalue weighted by Crippen LogP contribution is -2.24. The average Bonchev–Trinajstić information content (AvgIpc) is 2.53. The molecule has 0 unspecified atom stereocenters. The Labute approximate surface area is 127 Å². The smallest absolute Gasteiger partial charge is 0.272 e. The van der Waals surface area contributed by atoms with Gasteiger partial charge in [0.15, 0.2) is 0 Å². The third kappa shape index (κ3) is 4.79. The Hall–Kier alpha value is -2.58. The van der Waals surface area contributed by atoms with Gasteiger partial charge in [-0.05, 0) is 12.1 Å². The van der Waals surface area contributed by atoms with Gasteiger partial charge in [-0.15, -0.1) is 0 Å². The molecule has 5 nitrogen and oxygen atoms in total. The highest BCUT2D eigenvalue weighted by atomic mass is 35.5. The van der Waals surface area contributed by atoms with Crippen LogP contribution in [0.1, 0.15) is 10.5 Å². The molecule has 1 amide bonds. The van der Waals surface area contributed by atoms with E-state index in [2.05, 4.69) is 27.1 Å². The average molecular weight is 302 g/mol. The van der Waals surface area contributed by atoms with Crippen molar-refractivity contribution < 1.29 is 9.53 Å². The van der Waals surface area contributed by atoms with Gasteiger partial charge in [-0.2, -0.15) is 0 Å². The first-order chi connectivity index (χ1) is 10.3. The summed E-state index contributed by atoms with van der Waals surface area (Å²) in [4.78, 5) is 19.3. The van der Waals surface area contributed by atoms with E-state index >= 15 is 0 Å². The zero-order valence-electron chi connectivity index (χ0n) is 11.0. The number of carbonyl (C=O) groups excluding carboxylic acids is 1. The Morgan fingerprint density at radius 3 is 2.90 bits per heavy atom. The Balaban J connectivity index is 1.73. The molecule has 0 aliphatic carbocycles. The summed E-state index contributed by atoms with van der Waals surface area (Å²) in [7, 11) is 0. The predicted octanol–water partition coefficient (Wildman–Crippen LogP) is 1.94. The number of halogens is 1. The number of carbonyl (C=O) groups is 1. The fourth-order valence-electron chi connectivity index (χ4n) is 1.42. The topological polar surface area (TPSA) is 64.1 Å². The van der Waals surface area contributed by atoms with E-state index in [1.165, 1.54) is 18.6 Å². The first-order valence-corrected chi connectivity index (χ1v) is 6.52. The number of benzene rings is 1. The van der Waals surface area contributed by atoms with Crippen LogP contribution in [0.4, 0.5) is 0 Å². The molecule has 6 heteroatoms. The van der Waals surface area contributed by atoms with Gasteiger partial charge in [0.2, 0.25) is 0 Å². The first kappa shape index (κ1) is 14.8. The number of amides is 1. The number of ether oxygens (including phenoxy) is 1. The predicted molar refractivity (Wildman–Crippen MR) is 79.1 cm³/mol. The summed E-state index contributed by atoms with van der Waals surface area (Å²) in [5, 5.41) is 3.15. The molecule has 0 radical (unpaired) electrons. The normalized spacial score (nSPS) is 9.38. The van der Waals surface area contributed by atoms with Crippen molar-refractivity contribution in [1.29, 1.82) is 0 Å². The lowest BCUT2D eigenvalue weighted by atomic mass is 10.3. The van der Waals surface area contributed by atoms with Crippen molar-refractivity contribution in [3.8, 4) is 17.6 Å². The monoisotopic (exact) mass is 301 g/mol. The van der Waals surface area contributed by atoms with E-state index in [1.54, 1.807) is 12.1 Å². The van der Waals surface area contributed by atoms with Crippen molar-refractivity contribution in [3.05, 3.63) is 53.6 Å². The first-order valence-electron chi connectivity index (χ1n) is 6.14. The van der Waals surface area contributed by atoms with Crippen LogP contribution in [0.15, 0.2) is 42.9 Å². The molecule has 0 fully saturated rings. The molecule has 21 heavy (non-hydrogen) atoms. The van der Waals surface area contributed by atoms with Crippen molar-refractivity contribution in [2.45, 2.75) is 0 Å². The van der Waals surface area contributed by atoms with E-state index in [0.717, 1.165) is 0 Å². The molecule has 0 aliphatic heterocycles. The molecule has 1 aromatic carbocycles. The number of nitrogens with one attached hydrogen (secondary N) is 1. The van der Waals surface area contributed by atoms with Gasteiger partial charge in [0.25, 0.3) is 5.91 Å². The Morgan fingerprint density at radius 2 is 2.14 bits per heavy atom. The van der Waals surface area contributed by atoms with Crippen LogP contribution in [-0.2, 0) is 0 Å². The van der Waals surface area contributed by atoms with Crippen LogP contribution in [0.3, 0.4) is 0 Å². The summed E-state index contributed by atoms with van der Waals surface area (Å²) in [6, 6.07) is 7.16. The Kier molecular flexibility index (Phi) is 5.56. The quantitative estimate of drug-likeness (QED) is 0.877. The largest absolute Gasteiger partial charge is 0.479 e. The second-order valence-corrected chi connectivity index (χ2v) is 4.25. The molecule has 0 spiro atoms. The van der Waals surface area contributed by atoms with Gasteiger partial charge in [0.05, 0.1) is 17.8 Å². The van der Waals surface area contributed by atoms with Crippen LogP contribution in [0.2, 0.25) is 5.02 Å². The lowest BCUT2D eigenvalue weighted by molar-refractivity contribution is 0.0953. The highest BCUT2D eigenvalue weighted by molar-refractivity contribution is 6.32. The van der Waals surface area contributed by atoms with Crippen molar-refractivity contribution in [2.75, 3.05) is 13.2 Å². The molecular formula is C15H12ClN3O2. The van der Waals surface area contributed by atoms with Crippen LogP contribution < -0.4 is 10.1 Å². The van der Waals surface area contributed by atoms with Gasteiger partial charge in [-0.25, -0.2) is 4.98 Å². The summed E-state index contributed by atoms with van der Waals surface area (Å²) in [6.45, 7) is 0.409. The fraction of sp³-hybridized carbons (Fsp3) is 0.133. The standard InChI is InChI=1S/C15H12ClN3O2/c16-12-5-1-2-6-14(12)21-10-4-3-7-19-15(20)13-11-17-8-9-18-13/h1-2,5-6,8-9,11H,7,10H2,(H,19,20). The van der Waals surface area contributed by atoms with E-state index in [4.69, 9.17) is 16.3 Å². The Bertz CT molecular complexity index is 665. The van der Waals surface area contributed by atoms with Gasteiger partial charge >= 0.3 is 0 Å². The number of aromatic nitrogens is 2. The second kappa shape index (κ2) is 7.88. The van der Waals surface area contributed by atoms with Crippen molar-refractivity contribution >= 4 is 17.5 Å². The highest BCUT2D eigenvalue weighted by Crippen LogP contribution is 2.22. The van der Waals surface area contributed by atoms with E-state index in [9.17, 15) is 4.79 Å². The Morgan fingerprint density at radius 1 is 1.29 bits per heavy atom. The van der Waals surface area contributed by atoms with Gasteiger partial charge in [-0.1, -0.05) is 35.6 Å². The second-order valence-electron chi connectivity index (χ2n) is 3.85. The summed E-state index contributed by atoms with van der Waals surface area (Å²) in [5.41, 5.74) is 0.256. The van der Waals surface area contributed by atoms with E-state index in [-0.39, 0.29) is 24.8 Å². The fourth-order valence-corrected chi connectivity index (χ4v) is 1.61. The summed E-state index contributed by atoms with van der Waals surface area (Å²) >= 11 is 5.93. The van der Waals surface area contributed by atoms with Crippen molar-refractivity contribution in [1.82, 2.24) is 15.3 Å². The zero-order valence-corrected chi connectivity index (χ0v) is 11.8. The zero-order chi connectivity index (χ0) is 14.9. The maximum Gasteiger partial charge on any atom is 0.272 e. The van der Waals surface area contributed by atoms with Crippen molar-refractivity contribution in [3.63, 3.8) is 0 Å². The molecule has 1 heterocycles. The van der Waals surface area contributed by atoms with Gasteiger partial charge in [-0.3, -0.25) is 9.78 Å². The molecular weight excluding hydrogens is 290 g/mol.